The molecule has 0 heterocycles. The van der Waals surface area contributed by atoms with Gasteiger partial charge in [-0.3, -0.25) is 57.5 Å². The molecule has 0 bridgehead atoms. The molecule has 0 aromatic heterocycles. The van der Waals surface area contributed by atoms with Gasteiger partial charge < -0.3 is 87.3 Å². The van der Waals surface area contributed by atoms with Crippen molar-refractivity contribution >= 4 is 70.1 Å². The minimum atomic E-state index is -0.546. The lowest BCUT2D eigenvalue weighted by molar-refractivity contribution is -0.130. The third kappa shape index (κ3) is 45.4. The zero-order chi connectivity index (χ0) is 91.5. The lowest BCUT2D eigenvalue weighted by atomic mass is 9.93. The summed E-state index contributed by atoms with van der Waals surface area (Å²) in [7, 11) is 0. The van der Waals surface area contributed by atoms with E-state index < -0.39 is 17.8 Å². The van der Waals surface area contributed by atoms with Crippen LogP contribution in [-0.2, 0) is 106 Å². The van der Waals surface area contributed by atoms with Crippen molar-refractivity contribution in [3.8, 4) is 51.7 Å². The summed E-state index contributed by atoms with van der Waals surface area (Å²) in [4.78, 5) is 147. The lowest BCUT2D eigenvalue weighted by Crippen LogP contribution is -2.37. The lowest BCUT2D eigenvalue weighted by Gasteiger charge is -2.19. The molecule has 4 unspecified atom stereocenters. The molecule has 0 aliphatic heterocycles. The van der Waals surface area contributed by atoms with E-state index in [2.05, 4.69) is 31.9 Å². The molecule has 6 aromatic rings. The van der Waals surface area contributed by atoms with E-state index in [0.29, 0.717) is 171 Å². The normalized spacial score (nSPS) is 11.8. The minimum Gasteiger partial charge on any atom is -0.508 e. The van der Waals surface area contributed by atoms with Crippen molar-refractivity contribution in [3.63, 3.8) is 0 Å². The molecule has 0 aliphatic rings. The smallest absolute Gasteiger partial charge is 0.223 e. The summed E-state index contributed by atoms with van der Waals surface area (Å²) in [5.41, 5.74) is 7.13. The highest BCUT2D eigenvalue weighted by atomic mass is 16.5. The number of phenols is 9. The molecule has 0 aliphatic carbocycles. The summed E-state index contributed by atoms with van der Waals surface area (Å²) < 4.78 is 10.9. The molecule has 0 saturated carbocycles. The van der Waals surface area contributed by atoms with Crippen LogP contribution in [0.5, 0.6) is 51.7 Å². The van der Waals surface area contributed by atoms with Crippen molar-refractivity contribution < 1.29 is 113 Å². The van der Waals surface area contributed by atoms with Gasteiger partial charge in [-0.05, 0) is 230 Å². The summed E-state index contributed by atoms with van der Waals surface area (Å²) in [6.07, 6.45) is 10.2. The molecule has 0 saturated heterocycles. The summed E-state index contributed by atoms with van der Waals surface area (Å²) in [5, 5.41) is 104. The monoisotopic (exact) mass is 1720 g/mol. The fraction of sp³-hybridized carbons (Fsp3) is 0.495. The number of aromatic hydroxyl groups is 9. The molecule has 0 spiro atoms. The quantitative estimate of drug-likeness (QED) is 0.0125. The molecular formula is C95H130N6O23. The molecule has 15 N–H and O–H groups in total. The van der Waals surface area contributed by atoms with Crippen LogP contribution in [0, 0.1) is 38.5 Å². The highest BCUT2D eigenvalue weighted by molar-refractivity contribution is 5.89. The molecule has 6 amide bonds. The second kappa shape index (κ2) is 58.4. The third-order valence-corrected chi connectivity index (χ3v) is 20.7. The average Bonchev–Trinajstić information content (AvgIpc) is 0.900. The fourth-order valence-corrected chi connectivity index (χ4v) is 12.9. The number of carbonyl (C=O) groups excluding carboxylic acids is 12. The Labute approximate surface area is 727 Å². The molecule has 6 rings (SSSR count). The van der Waals surface area contributed by atoms with Gasteiger partial charge in [0.1, 0.15) is 51.9 Å². The van der Waals surface area contributed by atoms with Gasteiger partial charge >= 0.3 is 0 Å². The van der Waals surface area contributed by atoms with Crippen molar-refractivity contribution in [2.24, 2.45) is 17.8 Å². The molecule has 678 valence electrons. The Balaban J connectivity index is 0.000000391. The standard InChI is InChI=1S/C33H46N2O8.C32H44N2O8.C30H40N2O7/c1-22-7-8-25(18-30(22)39)11-14-32(41)34-16-5-4-6-27(33(42)35-21-24(3)43-17-15-23(2)36)20-28(37)12-9-26-10-13-29(38)31(40)19-26;1-22-6-7-24(19-29(22)38)10-13-31(40)33-15-4-3-5-26(32(41)34-16-18-42-17-14-23(2)35)21-27(36)11-8-25-9-12-28(37)30(39)20-25;1-20-6-7-22(17-27(20)36)10-13-29(38)31-15-4-3-5-24(30(39)32-16-14-21(2)33)19-25(34)11-8-23-9-12-26(35)28(37)18-23/h7-8,10,13,18-19,24,27,38-40H,4-6,9,11-12,14-17,20-21H2,1-3H3,(H,34,41)(H,35,42);6-7,9,12,19-20,26,37-39H,3-5,8,10-11,13-18,21H2,1-2H3,(H,33,40)(H,34,41);6-7,9,12,17-18,24,35-37H,3-5,8,10-11,13-16,19H2,1-2H3,(H,31,38)(H,32,39). The summed E-state index contributed by atoms with van der Waals surface area (Å²) in [5.74, 6) is -3.68. The molecule has 124 heavy (non-hydrogen) atoms. The third-order valence-electron chi connectivity index (χ3n) is 20.7. The van der Waals surface area contributed by atoms with Crippen LogP contribution in [0.1, 0.15) is 213 Å². The Morgan fingerprint density at radius 2 is 0.589 bits per heavy atom. The zero-order valence-electron chi connectivity index (χ0n) is 72.9. The molecule has 4 atom stereocenters. The number of ketones is 6. The van der Waals surface area contributed by atoms with E-state index in [1.54, 1.807) is 43.3 Å². The van der Waals surface area contributed by atoms with Crippen molar-refractivity contribution in [2.75, 3.05) is 59.1 Å². The molecule has 0 radical (unpaired) electrons. The topological polar surface area (TPSA) is 478 Å². The number of aryl methyl sites for hydroxylation is 9. The summed E-state index contributed by atoms with van der Waals surface area (Å²) in [6.45, 7) is 14.6. The number of ether oxygens (including phenoxy) is 2. The molecule has 0 fully saturated rings. The van der Waals surface area contributed by atoms with E-state index in [-0.39, 0.29) is 206 Å². The van der Waals surface area contributed by atoms with E-state index in [1.807, 2.05) is 57.2 Å². The molecular weight excluding hydrogens is 1590 g/mol. The van der Waals surface area contributed by atoms with Crippen molar-refractivity contribution in [3.05, 3.63) is 159 Å². The number of nitrogens with one attached hydrogen (secondary N) is 6. The number of hydrogen-bond acceptors (Lipinski definition) is 23. The van der Waals surface area contributed by atoms with E-state index >= 15 is 0 Å². The van der Waals surface area contributed by atoms with E-state index in [4.69, 9.17) is 9.47 Å². The van der Waals surface area contributed by atoms with Crippen molar-refractivity contribution in [1.82, 2.24) is 31.9 Å². The zero-order valence-corrected chi connectivity index (χ0v) is 72.9. The van der Waals surface area contributed by atoms with Gasteiger partial charge in [0, 0.05) is 134 Å². The summed E-state index contributed by atoms with van der Waals surface area (Å²) in [6, 6.07) is 29.4. The maximum absolute atomic E-state index is 13.0. The second-order valence-electron chi connectivity index (χ2n) is 31.7. The van der Waals surface area contributed by atoms with Crippen LogP contribution >= 0.6 is 0 Å². The molecule has 29 heteroatoms. The predicted molar refractivity (Wildman–Crippen MR) is 469 cm³/mol. The maximum atomic E-state index is 13.0. The van der Waals surface area contributed by atoms with Crippen LogP contribution in [0.4, 0.5) is 0 Å². The SMILES string of the molecule is CC(=O)CCNC(=O)C(CCCCNC(=O)CCc1ccc(C)c(O)c1)CC(=O)CCc1ccc(O)c(O)c1.CC(=O)CCOC(C)CNC(=O)C(CCCCNC(=O)CCc1ccc(C)c(O)c1)CC(=O)CCc1ccc(O)c(O)c1.CC(=O)CCOCCNC(=O)C(CCCCNC(=O)CCc1ccc(C)c(O)c1)CC(=O)CCc1ccc(O)c(O)c1. The Kier molecular flexibility index (Phi) is 49.2. The first kappa shape index (κ1) is 105. The Bertz CT molecular complexity index is 4450. The van der Waals surface area contributed by atoms with Crippen LogP contribution in [0.25, 0.3) is 0 Å². The van der Waals surface area contributed by atoms with Gasteiger partial charge in [0.05, 0.1) is 25.9 Å². The molecule has 29 nitrogen and oxygen atoms in total. The maximum Gasteiger partial charge on any atom is 0.223 e. The first-order valence-corrected chi connectivity index (χ1v) is 42.8. The van der Waals surface area contributed by atoms with Crippen LogP contribution in [0.15, 0.2) is 109 Å². The second-order valence-corrected chi connectivity index (χ2v) is 31.7. The van der Waals surface area contributed by atoms with Gasteiger partial charge in [0.25, 0.3) is 0 Å². The first-order valence-electron chi connectivity index (χ1n) is 42.8. The number of Topliss-reactive ketones (excluding diaryl/α,β-unsaturated/α-hetero) is 6. The van der Waals surface area contributed by atoms with Gasteiger partial charge in [-0.25, -0.2) is 0 Å². The number of benzene rings is 6. The molecule has 6 aromatic carbocycles. The fourth-order valence-electron chi connectivity index (χ4n) is 12.9. The Morgan fingerprint density at radius 1 is 0.298 bits per heavy atom. The van der Waals surface area contributed by atoms with Crippen molar-refractivity contribution in [1.29, 1.82) is 0 Å². The van der Waals surface area contributed by atoms with E-state index in [1.165, 1.54) is 57.2 Å². The number of unbranched alkanes of at least 4 members (excludes halogenated alkanes) is 3. The van der Waals surface area contributed by atoms with Crippen LogP contribution in [0.2, 0.25) is 0 Å². The first-order chi connectivity index (χ1) is 59.0. The van der Waals surface area contributed by atoms with Crippen LogP contribution in [0.3, 0.4) is 0 Å². The number of phenolic OH excluding ortho intramolecular Hbond substituents is 9. The highest BCUT2D eigenvalue weighted by Crippen LogP contribution is 2.30. The van der Waals surface area contributed by atoms with Gasteiger partial charge in [-0.2, -0.15) is 0 Å². The van der Waals surface area contributed by atoms with Gasteiger partial charge in [0.15, 0.2) is 34.5 Å². The predicted octanol–water partition coefficient (Wildman–Crippen LogP) is 11.3. The minimum absolute atomic E-state index is 0.0278. The number of rotatable bonds is 57. The van der Waals surface area contributed by atoms with Crippen LogP contribution < -0.4 is 31.9 Å². The average molecular weight is 1720 g/mol. The van der Waals surface area contributed by atoms with E-state index in [0.717, 1.165) is 33.4 Å². The van der Waals surface area contributed by atoms with Gasteiger partial charge in [-0.1, -0.05) is 73.9 Å². The van der Waals surface area contributed by atoms with Crippen molar-refractivity contribution in [2.45, 2.75) is 228 Å². The summed E-state index contributed by atoms with van der Waals surface area (Å²) >= 11 is 0. The van der Waals surface area contributed by atoms with E-state index in [9.17, 15) is 103 Å². The largest absolute Gasteiger partial charge is 0.508 e. The Morgan fingerprint density at radius 3 is 0.903 bits per heavy atom. The number of hydrogen-bond donors (Lipinski definition) is 15. The number of carbonyl (C=O) groups is 12. The number of amides is 6. The van der Waals surface area contributed by atoms with Gasteiger partial charge in [-0.15, -0.1) is 0 Å². The van der Waals surface area contributed by atoms with Gasteiger partial charge in [0.2, 0.25) is 35.4 Å². The highest BCUT2D eigenvalue weighted by Gasteiger charge is 2.26. The van der Waals surface area contributed by atoms with Crippen LogP contribution in [-0.4, -0.2) is 181 Å². The Hall–Kier alpha value is -11.7.